The zero-order valence-corrected chi connectivity index (χ0v) is 16.0. The molecule has 0 spiro atoms. The molecule has 2 aromatic rings. The molecule has 1 aromatic heterocycles. The van der Waals surface area contributed by atoms with E-state index in [0.29, 0.717) is 11.6 Å². The van der Waals surface area contributed by atoms with Crippen LogP contribution in [0.25, 0.3) is 0 Å². The number of nitrogens with one attached hydrogen (secondary N) is 2. The fraction of sp³-hybridized carbons (Fsp3) is 0.412. The van der Waals surface area contributed by atoms with E-state index >= 15 is 0 Å². The molecular weight excluding hydrogens is 373 g/mol. The molecule has 0 bridgehead atoms. The van der Waals surface area contributed by atoms with Crippen molar-refractivity contribution in [2.75, 3.05) is 31.1 Å². The van der Waals surface area contributed by atoms with Gasteiger partial charge in [0.25, 0.3) is 0 Å². The molecular formula is C17H22FN5O3S. The lowest BCUT2D eigenvalue weighted by atomic mass is 10.3. The highest BCUT2D eigenvalue weighted by molar-refractivity contribution is 7.89. The van der Waals surface area contributed by atoms with E-state index in [9.17, 15) is 12.8 Å². The number of aromatic nitrogens is 2. The Morgan fingerprint density at radius 2 is 2.00 bits per heavy atom. The van der Waals surface area contributed by atoms with Gasteiger partial charge in [-0.2, -0.15) is 0 Å². The number of piperazine rings is 1. The Kier molecular flexibility index (Phi) is 5.88. The zero-order valence-electron chi connectivity index (χ0n) is 15.1. The Hall–Kier alpha value is -2.30. The van der Waals surface area contributed by atoms with Crippen molar-refractivity contribution in [2.24, 2.45) is 0 Å². The minimum Gasteiger partial charge on any atom is -0.450 e. The number of anilines is 1. The van der Waals surface area contributed by atoms with Crippen molar-refractivity contribution in [3.8, 4) is 11.5 Å². The molecule has 0 unspecified atom stereocenters. The van der Waals surface area contributed by atoms with E-state index in [1.807, 2.05) is 4.90 Å². The molecule has 27 heavy (non-hydrogen) atoms. The van der Waals surface area contributed by atoms with Gasteiger partial charge in [0, 0.05) is 32.2 Å². The molecule has 1 fully saturated rings. The van der Waals surface area contributed by atoms with E-state index in [1.165, 1.54) is 18.6 Å². The third-order valence-corrected chi connectivity index (χ3v) is 5.56. The van der Waals surface area contributed by atoms with Crippen LogP contribution >= 0.6 is 0 Å². The second-order valence-electron chi connectivity index (χ2n) is 6.42. The van der Waals surface area contributed by atoms with E-state index in [-0.39, 0.29) is 16.7 Å². The van der Waals surface area contributed by atoms with E-state index < -0.39 is 15.8 Å². The van der Waals surface area contributed by atoms with Crippen LogP contribution in [-0.2, 0) is 10.0 Å². The first-order valence-electron chi connectivity index (χ1n) is 8.62. The van der Waals surface area contributed by atoms with Crippen molar-refractivity contribution in [2.45, 2.75) is 24.8 Å². The topological polar surface area (TPSA) is 96.5 Å². The van der Waals surface area contributed by atoms with Crippen LogP contribution in [0, 0.1) is 5.82 Å². The van der Waals surface area contributed by atoms with Crippen LogP contribution in [0.15, 0.2) is 35.6 Å². The summed E-state index contributed by atoms with van der Waals surface area (Å²) < 4.78 is 47.2. The Morgan fingerprint density at radius 3 is 2.70 bits per heavy atom. The molecule has 0 atom stereocenters. The van der Waals surface area contributed by atoms with Crippen molar-refractivity contribution in [1.82, 2.24) is 20.0 Å². The van der Waals surface area contributed by atoms with Gasteiger partial charge in [0.2, 0.25) is 10.0 Å². The van der Waals surface area contributed by atoms with Crippen LogP contribution in [0.1, 0.15) is 13.8 Å². The third kappa shape index (κ3) is 4.71. The molecule has 1 aromatic carbocycles. The fourth-order valence-corrected chi connectivity index (χ4v) is 4.15. The molecule has 3 rings (SSSR count). The Bertz CT molecular complexity index is 901. The Balaban J connectivity index is 1.97. The Labute approximate surface area is 157 Å². The van der Waals surface area contributed by atoms with Crippen molar-refractivity contribution >= 4 is 15.8 Å². The largest absolute Gasteiger partial charge is 0.450 e. The minimum atomic E-state index is -3.95. The molecule has 0 saturated carbocycles. The summed E-state index contributed by atoms with van der Waals surface area (Å²) in [5, 5.41) is 3.25. The molecule has 0 aliphatic carbocycles. The number of benzene rings is 1. The van der Waals surface area contributed by atoms with Gasteiger partial charge in [-0.1, -0.05) is 0 Å². The summed E-state index contributed by atoms with van der Waals surface area (Å²) in [6, 6.07) is 3.04. The van der Waals surface area contributed by atoms with Crippen LogP contribution in [0.5, 0.6) is 11.5 Å². The van der Waals surface area contributed by atoms with Crippen LogP contribution in [-0.4, -0.2) is 50.6 Å². The van der Waals surface area contributed by atoms with Crippen LogP contribution < -0.4 is 19.7 Å². The van der Waals surface area contributed by atoms with Crippen molar-refractivity contribution < 1.29 is 17.5 Å². The Morgan fingerprint density at radius 1 is 1.26 bits per heavy atom. The first-order chi connectivity index (χ1) is 12.9. The number of sulfonamides is 1. The van der Waals surface area contributed by atoms with Gasteiger partial charge in [-0.05, 0) is 32.0 Å². The van der Waals surface area contributed by atoms with Gasteiger partial charge < -0.3 is 15.0 Å². The standard InChI is InChI=1S/C17H22FN5O3S/c1-12(2)22-27(24,25)16-9-13(18)3-4-14(16)26-15-10-20-11-21-17(15)23-7-5-19-6-8-23/h3-4,9-12,19,22H,5-8H2,1-2H3. The van der Waals surface area contributed by atoms with Crippen molar-refractivity contribution in [3.63, 3.8) is 0 Å². The minimum absolute atomic E-state index is 0.00994. The molecule has 1 aliphatic rings. The predicted molar refractivity (Wildman–Crippen MR) is 99.0 cm³/mol. The average Bonchev–Trinajstić information content (AvgIpc) is 2.63. The van der Waals surface area contributed by atoms with Gasteiger partial charge in [0.05, 0.1) is 6.20 Å². The van der Waals surface area contributed by atoms with Crippen molar-refractivity contribution in [3.05, 3.63) is 36.5 Å². The van der Waals surface area contributed by atoms with Gasteiger partial charge in [0.1, 0.15) is 22.8 Å². The maximum absolute atomic E-state index is 13.7. The first kappa shape index (κ1) is 19.5. The molecule has 1 saturated heterocycles. The van der Waals surface area contributed by atoms with E-state index in [2.05, 4.69) is 20.0 Å². The first-order valence-corrected chi connectivity index (χ1v) is 10.1. The molecule has 2 heterocycles. The fourth-order valence-electron chi connectivity index (χ4n) is 2.77. The third-order valence-electron chi connectivity index (χ3n) is 3.88. The lowest BCUT2D eigenvalue weighted by molar-refractivity contribution is 0.454. The number of hydrogen-bond donors (Lipinski definition) is 2. The second-order valence-corrected chi connectivity index (χ2v) is 8.10. The molecule has 2 N–H and O–H groups in total. The number of ether oxygens (including phenoxy) is 1. The second kappa shape index (κ2) is 8.15. The van der Waals surface area contributed by atoms with Crippen LogP contribution in [0.4, 0.5) is 10.2 Å². The van der Waals surface area contributed by atoms with E-state index in [1.54, 1.807) is 13.8 Å². The highest BCUT2D eigenvalue weighted by atomic mass is 32.2. The molecule has 10 heteroatoms. The predicted octanol–water partition coefficient (Wildman–Crippen LogP) is 1.50. The number of halogens is 1. The van der Waals surface area contributed by atoms with Crippen molar-refractivity contribution in [1.29, 1.82) is 0 Å². The van der Waals surface area contributed by atoms with Gasteiger partial charge in [0.15, 0.2) is 11.6 Å². The summed E-state index contributed by atoms with van der Waals surface area (Å²) >= 11 is 0. The van der Waals surface area contributed by atoms with Gasteiger partial charge in [-0.15, -0.1) is 0 Å². The molecule has 0 radical (unpaired) electrons. The normalized spacial score (nSPS) is 15.2. The summed E-state index contributed by atoms with van der Waals surface area (Å²) in [5.41, 5.74) is 0. The molecule has 1 aliphatic heterocycles. The lowest BCUT2D eigenvalue weighted by Crippen LogP contribution is -2.44. The zero-order chi connectivity index (χ0) is 19.4. The quantitative estimate of drug-likeness (QED) is 0.765. The highest BCUT2D eigenvalue weighted by Crippen LogP contribution is 2.34. The van der Waals surface area contributed by atoms with Gasteiger partial charge >= 0.3 is 0 Å². The molecule has 8 nitrogen and oxygen atoms in total. The van der Waals surface area contributed by atoms with Crippen LogP contribution in [0.2, 0.25) is 0 Å². The SMILES string of the molecule is CC(C)NS(=O)(=O)c1cc(F)ccc1Oc1cncnc1N1CCNCC1. The smallest absolute Gasteiger partial charge is 0.244 e. The van der Waals surface area contributed by atoms with E-state index in [0.717, 1.165) is 38.3 Å². The lowest BCUT2D eigenvalue weighted by Gasteiger charge is -2.29. The number of nitrogens with zero attached hydrogens (tertiary/aromatic N) is 3. The summed E-state index contributed by atoms with van der Waals surface area (Å²) in [4.78, 5) is 10.0. The summed E-state index contributed by atoms with van der Waals surface area (Å²) in [6.07, 6.45) is 2.88. The number of hydrogen-bond acceptors (Lipinski definition) is 7. The summed E-state index contributed by atoms with van der Waals surface area (Å²) in [6.45, 7) is 6.44. The molecule has 146 valence electrons. The maximum Gasteiger partial charge on any atom is 0.244 e. The number of rotatable bonds is 6. The monoisotopic (exact) mass is 395 g/mol. The van der Waals surface area contributed by atoms with Gasteiger partial charge in [-0.25, -0.2) is 27.5 Å². The maximum atomic E-state index is 13.7. The summed E-state index contributed by atoms with van der Waals surface area (Å²) in [7, 11) is -3.95. The average molecular weight is 395 g/mol. The summed E-state index contributed by atoms with van der Waals surface area (Å²) in [5.74, 6) is 0.219. The highest BCUT2D eigenvalue weighted by Gasteiger charge is 2.24. The van der Waals surface area contributed by atoms with Gasteiger partial charge in [-0.3, -0.25) is 0 Å². The van der Waals surface area contributed by atoms with E-state index in [4.69, 9.17) is 4.74 Å². The molecule has 0 amide bonds. The van der Waals surface area contributed by atoms with Crippen LogP contribution in [0.3, 0.4) is 0 Å².